The summed E-state index contributed by atoms with van der Waals surface area (Å²) in [6.07, 6.45) is 1.26. The molecule has 0 saturated carbocycles. The largest absolute Gasteiger partial charge is 0.507 e. The van der Waals surface area contributed by atoms with Gasteiger partial charge in [0.2, 0.25) is 0 Å². The average Bonchev–Trinajstić information content (AvgIpc) is 2.43. The van der Waals surface area contributed by atoms with E-state index in [-0.39, 0.29) is 10.6 Å². The molecule has 2 aromatic rings. The van der Waals surface area contributed by atoms with Crippen molar-refractivity contribution in [1.29, 1.82) is 0 Å². The predicted octanol–water partition coefficient (Wildman–Crippen LogP) is 2.32. The lowest BCUT2D eigenvalue weighted by Crippen LogP contribution is -2.19. The van der Waals surface area contributed by atoms with Crippen LogP contribution in [0, 0.1) is 13.8 Å². The smallest absolute Gasteiger partial charge is 0.276 e. The summed E-state index contributed by atoms with van der Waals surface area (Å²) in [6.45, 7) is 3.55. The van der Waals surface area contributed by atoms with E-state index in [1.165, 1.54) is 12.3 Å². The van der Waals surface area contributed by atoms with Gasteiger partial charge in [0.25, 0.3) is 10.0 Å². The van der Waals surface area contributed by atoms with Crippen molar-refractivity contribution in [3.8, 4) is 5.75 Å². The Bertz CT molecular complexity index is 783. The van der Waals surface area contributed by atoms with E-state index >= 15 is 0 Å². The summed E-state index contributed by atoms with van der Waals surface area (Å²) in [6, 6.07) is 11.7. The van der Waals surface area contributed by atoms with Crippen molar-refractivity contribution >= 4 is 16.2 Å². The van der Waals surface area contributed by atoms with Crippen LogP contribution >= 0.6 is 0 Å². The van der Waals surface area contributed by atoms with Crippen LogP contribution in [0.1, 0.15) is 16.7 Å². The normalized spacial score (nSPS) is 11.7. The molecule has 0 radical (unpaired) electrons. The number of aryl methyl sites for hydroxylation is 2. The molecule has 0 amide bonds. The van der Waals surface area contributed by atoms with Crippen LogP contribution in [-0.4, -0.2) is 19.7 Å². The van der Waals surface area contributed by atoms with Gasteiger partial charge in [0.15, 0.2) is 0 Å². The fourth-order valence-electron chi connectivity index (χ4n) is 1.81. The lowest BCUT2D eigenvalue weighted by molar-refractivity contribution is 0.474. The zero-order valence-corrected chi connectivity index (χ0v) is 12.6. The lowest BCUT2D eigenvalue weighted by Gasteiger charge is -2.07. The number of sulfonamides is 1. The van der Waals surface area contributed by atoms with Crippen molar-refractivity contribution in [2.75, 3.05) is 0 Å². The van der Waals surface area contributed by atoms with E-state index in [1.807, 2.05) is 13.0 Å². The molecule has 0 fully saturated rings. The van der Waals surface area contributed by atoms with Crippen molar-refractivity contribution in [2.24, 2.45) is 5.10 Å². The third-order valence-corrected chi connectivity index (χ3v) is 4.31. The number of nitrogens with one attached hydrogen (secondary N) is 1. The second-order valence-electron chi connectivity index (χ2n) is 4.68. The van der Waals surface area contributed by atoms with Gasteiger partial charge in [-0.1, -0.05) is 24.3 Å². The quantitative estimate of drug-likeness (QED) is 0.672. The maximum absolute atomic E-state index is 12.2. The summed E-state index contributed by atoms with van der Waals surface area (Å²) in [4.78, 5) is 2.34. The van der Waals surface area contributed by atoms with Crippen LogP contribution in [0.4, 0.5) is 0 Å². The minimum absolute atomic E-state index is 0.0344. The zero-order chi connectivity index (χ0) is 15.5. The highest BCUT2D eigenvalue weighted by atomic mass is 32.2. The summed E-state index contributed by atoms with van der Waals surface area (Å²) in [5.41, 5.74) is 1.93. The zero-order valence-electron chi connectivity index (χ0n) is 11.7. The fraction of sp³-hybridized carbons (Fsp3) is 0.133. The van der Waals surface area contributed by atoms with Gasteiger partial charge in [0.05, 0.1) is 11.1 Å². The Morgan fingerprint density at radius 2 is 1.86 bits per heavy atom. The topological polar surface area (TPSA) is 78.8 Å². The van der Waals surface area contributed by atoms with Crippen LogP contribution in [0.5, 0.6) is 5.75 Å². The molecular weight excluding hydrogens is 288 g/mol. The molecule has 0 aliphatic heterocycles. The molecule has 5 nitrogen and oxygen atoms in total. The maximum Gasteiger partial charge on any atom is 0.276 e. The number of hydrazone groups is 1. The standard InChI is InChI=1S/C15H16N2O3S/c1-11-7-8-12(2)15(9-11)21(19,20)17-16-10-13-5-3-4-6-14(13)18/h3-10,17-18H,1-2H3/b16-10+. The van der Waals surface area contributed by atoms with Crippen molar-refractivity contribution in [1.82, 2.24) is 4.83 Å². The van der Waals surface area contributed by atoms with E-state index in [2.05, 4.69) is 9.93 Å². The number of hydrogen-bond donors (Lipinski definition) is 2. The molecular formula is C15H16N2O3S. The van der Waals surface area contributed by atoms with Gasteiger partial charge in [-0.25, -0.2) is 4.83 Å². The Morgan fingerprint density at radius 1 is 1.14 bits per heavy atom. The van der Waals surface area contributed by atoms with Gasteiger partial charge in [-0.05, 0) is 43.2 Å². The Hall–Kier alpha value is -2.34. The summed E-state index contributed by atoms with van der Waals surface area (Å²) < 4.78 is 24.4. The molecule has 6 heteroatoms. The molecule has 0 bridgehead atoms. The van der Waals surface area contributed by atoms with E-state index in [9.17, 15) is 13.5 Å². The first-order valence-corrected chi connectivity index (χ1v) is 7.78. The van der Waals surface area contributed by atoms with E-state index in [0.29, 0.717) is 11.1 Å². The Labute approximate surface area is 124 Å². The Morgan fingerprint density at radius 3 is 2.57 bits per heavy atom. The van der Waals surface area contributed by atoms with Gasteiger partial charge in [-0.2, -0.15) is 13.5 Å². The molecule has 0 heterocycles. The minimum atomic E-state index is -3.73. The molecule has 110 valence electrons. The number of hydrogen-bond acceptors (Lipinski definition) is 4. The van der Waals surface area contributed by atoms with Crippen LogP contribution in [0.25, 0.3) is 0 Å². The third kappa shape index (κ3) is 3.61. The summed E-state index contributed by atoms with van der Waals surface area (Å²) in [5, 5.41) is 13.3. The molecule has 0 spiro atoms. The lowest BCUT2D eigenvalue weighted by atomic mass is 10.2. The Kier molecular flexibility index (Phi) is 4.28. The Balaban J connectivity index is 2.23. The van der Waals surface area contributed by atoms with Gasteiger partial charge in [0, 0.05) is 5.56 Å². The van der Waals surface area contributed by atoms with Gasteiger partial charge in [0.1, 0.15) is 5.75 Å². The first kappa shape index (κ1) is 15.1. The van der Waals surface area contributed by atoms with Crippen LogP contribution < -0.4 is 4.83 Å². The van der Waals surface area contributed by atoms with E-state index in [0.717, 1.165) is 5.56 Å². The van der Waals surface area contributed by atoms with Crippen LogP contribution in [-0.2, 0) is 10.0 Å². The molecule has 21 heavy (non-hydrogen) atoms. The van der Waals surface area contributed by atoms with Crippen molar-refractivity contribution in [3.63, 3.8) is 0 Å². The van der Waals surface area contributed by atoms with Gasteiger partial charge in [-0.15, -0.1) is 0 Å². The van der Waals surface area contributed by atoms with Gasteiger partial charge in [-0.3, -0.25) is 0 Å². The van der Waals surface area contributed by atoms with E-state index in [1.54, 1.807) is 37.3 Å². The maximum atomic E-state index is 12.2. The molecule has 0 saturated heterocycles. The monoisotopic (exact) mass is 304 g/mol. The van der Waals surface area contributed by atoms with Crippen molar-refractivity contribution < 1.29 is 13.5 Å². The molecule has 2 N–H and O–H groups in total. The number of para-hydroxylation sites is 1. The fourth-order valence-corrected chi connectivity index (χ4v) is 2.93. The molecule has 0 aliphatic carbocycles. The summed E-state index contributed by atoms with van der Waals surface area (Å²) in [5.74, 6) is 0.0344. The number of aromatic hydroxyl groups is 1. The molecule has 0 unspecified atom stereocenters. The molecule has 2 rings (SSSR count). The number of nitrogens with zero attached hydrogens (tertiary/aromatic N) is 1. The molecule has 0 aliphatic rings. The number of phenols is 1. The highest BCUT2D eigenvalue weighted by Gasteiger charge is 2.15. The van der Waals surface area contributed by atoms with Crippen LogP contribution in [0.3, 0.4) is 0 Å². The van der Waals surface area contributed by atoms with Gasteiger partial charge >= 0.3 is 0 Å². The van der Waals surface area contributed by atoms with E-state index in [4.69, 9.17) is 0 Å². The minimum Gasteiger partial charge on any atom is -0.507 e. The SMILES string of the molecule is Cc1ccc(C)c(S(=O)(=O)N/N=C/c2ccccc2O)c1. The highest BCUT2D eigenvalue weighted by molar-refractivity contribution is 7.89. The predicted molar refractivity (Wildman–Crippen MR) is 81.9 cm³/mol. The van der Waals surface area contributed by atoms with E-state index < -0.39 is 10.0 Å². The number of benzene rings is 2. The second kappa shape index (κ2) is 5.97. The summed E-state index contributed by atoms with van der Waals surface area (Å²) in [7, 11) is -3.73. The molecule has 0 aromatic heterocycles. The first-order valence-electron chi connectivity index (χ1n) is 6.30. The van der Waals surface area contributed by atoms with Crippen molar-refractivity contribution in [3.05, 3.63) is 59.2 Å². The summed E-state index contributed by atoms with van der Waals surface area (Å²) >= 11 is 0. The molecule has 0 atom stereocenters. The second-order valence-corrected chi connectivity index (χ2v) is 6.31. The van der Waals surface area contributed by atoms with Crippen LogP contribution in [0.2, 0.25) is 0 Å². The van der Waals surface area contributed by atoms with Crippen molar-refractivity contribution in [2.45, 2.75) is 18.7 Å². The third-order valence-electron chi connectivity index (χ3n) is 2.95. The highest BCUT2D eigenvalue weighted by Crippen LogP contribution is 2.17. The number of phenolic OH excluding ortho intramolecular Hbond substituents is 1. The molecule has 2 aromatic carbocycles. The van der Waals surface area contributed by atoms with Gasteiger partial charge < -0.3 is 5.11 Å². The van der Waals surface area contributed by atoms with Crippen LogP contribution in [0.15, 0.2) is 52.5 Å². The first-order chi connectivity index (χ1) is 9.90. The average molecular weight is 304 g/mol. The number of rotatable bonds is 4.